The summed E-state index contributed by atoms with van der Waals surface area (Å²) in [6.45, 7) is 6.63. The van der Waals surface area contributed by atoms with E-state index in [1.807, 2.05) is 6.92 Å². The maximum Gasteiger partial charge on any atom is 0.412 e. The average molecular weight is 223 g/mol. The van der Waals surface area contributed by atoms with Crippen LogP contribution in [0.15, 0.2) is 18.6 Å². The summed E-state index contributed by atoms with van der Waals surface area (Å²) in [7, 11) is 0. The molecule has 0 aliphatic carbocycles. The molecule has 5 nitrogen and oxygen atoms in total. The Morgan fingerprint density at radius 3 is 2.75 bits per heavy atom. The second-order valence-electron chi connectivity index (χ2n) is 4.04. The highest BCUT2D eigenvalue weighted by atomic mass is 16.5. The normalized spacial score (nSPS) is 12.2. The van der Waals surface area contributed by atoms with E-state index in [0.29, 0.717) is 24.3 Å². The molecule has 0 aliphatic heterocycles. The van der Waals surface area contributed by atoms with E-state index in [4.69, 9.17) is 4.74 Å². The second-order valence-corrected chi connectivity index (χ2v) is 4.04. The van der Waals surface area contributed by atoms with Crippen LogP contribution in [0.3, 0.4) is 0 Å². The van der Waals surface area contributed by atoms with Gasteiger partial charge in [0.1, 0.15) is 0 Å². The van der Waals surface area contributed by atoms with E-state index in [1.54, 1.807) is 0 Å². The number of anilines is 1. The zero-order chi connectivity index (χ0) is 12.0. The standard InChI is InChI=1S/C11H17N3O2/c1-8(2)9(3)7-16-11(15)14-10-6-12-4-5-13-10/h4-6,8-9H,7H2,1-3H3,(H,13,14,15)/t9-/m1/s1. The van der Waals surface area contributed by atoms with Crippen LogP contribution in [0, 0.1) is 11.8 Å². The van der Waals surface area contributed by atoms with Crippen LogP contribution in [0.4, 0.5) is 10.6 Å². The van der Waals surface area contributed by atoms with Crippen molar-refractivity contribution in [2.75, 3.05) is 11.9 Å². The van der Waals surface area contributed by atoms with Gasteiger partial charge in [0, 0.05) is 12.4 Å². The van der Waals surface area contributed by atoms with Gasteiger partial charge in [0.2, 0.25) is 0 Å². The number of nitrogens with zero attached hydrogens (tertiary/aromatic N) is 2. The molecule has 1 heterocycles. The molecule has 0 spiro atoms. The molecule has 0 saturated carbocycles. The molecule has 1 atom stereocenters. The van der Waals surface area contributed by atoms with Crippen LogP contribution in [-0.4, -0.2) is 22.7 Å². The van der Waals surface area contributed by atoms with Crippen molar-refractivity contribution < 1.29 is 9.53 Å². The quantitative estimate of drug-likeness (QED) is 0.850. The van der Waals surface area contributed by atoms with Crippen LogP contribution in [0.5, 0.6) is 0 Å². The fourth-order valence-electron chi connectivity index (χ4n) is 0.904. The predicted molar refractivity (Wildman–Crippen MR) is 61.0 cm³/mol. The Labute approximate surface area is 95.3 Å². The number of amides is 1. The minimum atomic E-state index is -0.493. The SMILES string of the molecule is CC(C)[C@H](C)COC(=O)Nc1cnccn1. The lowest BCUT2D eigenvalue weighted by atomic mass is 10.00. The van der Waals surface area contributed by atoms with E-state index < -0.39 is 6.09 Å². The van der Waals surface area contributed by atoms with Crippen molar-refractivity contribution in [2.45, 2.75) is 20.8 Å². The molecule has 0 radical (unpaired) electrons. The molecule has 1 aromatic heterocycles. The molecule has 1 rings (SSSR count). The number of rotatable bonds is 4. The minimum Gasteiger partial charge on any atom is -0.449 e. The molecular weight excluding hydrogens is 206 g/mol. The van der Waals surface area contributed by atoms with Crippen molar-refractivity contribution in [3.8, 4) is 0 Å². The van der Waals surface area contributed by atoms with Crippen molar-refractivity contribution in [1.82, 2.24) is 9.97 Å². The summed E-state index contributed by atoms with van der Waals surface area (Å²) < 4.78 is 5.05. The number of aromatic nitrogens is 2. The molecule has 0 aliphatic rings. The molecule has 5 heteroatoms. The minimum absolute atomic E-state index is 0.340. The van der Waals surface area contributed by atoms with Crippen molar-refractivity contribution in [3.63, 3.8) is 0 Å². The monoisotopic (exact) mass is 223 g/mol. The lowest BCUT2D eigenvalue weighted by Gasteiger charge is -2.15. The number of hydrogen-bond acceptors (Lipinski definition) is 4. The van der Waals surface area contributed by atoms with Crippen LogP contribution in [0.1, 0.15) is 20.8 Å². The van der Waals surface area contributed by atoms with Gasteiger partial charge in [-0.05, 0) is 11.8 Å². The molecule has 0 bridgehead atoms. The van der Waals surface area contributed by atoms with Gasteiger partial charge < -0.3 is 4.74 Å². The van der Waals surface area contributed by atoms with Gasteiger partial charge in [0.15, 0.2) is 5.82 Å². The van der Waals surface area contributed by atoms with Crippen LogP contribution in [0.2, 0.25) is 0 Å². The Hall–Kier alpha value is -1.65. The molecule has 0 saturated heterocycles. The highest BCUT2D eigenvalue weighted by Gasteiger charge is 2.10. The largest absolute Gasteiger partial charge is 0.449 e. The van der Waals surface area contributed by atoms with Gasteiger partial charge in [0.05, 0.1) is 12.8 Å². The summed E-state index contributed by atoms with van der Waals surface area (Å²) in [5.41, 5.74) is 0. The third-order valence-corrected chi connectivity index (χ3v) is 2.41. The van der Waals surface area contributed by atoms with E-state index in [1.165, 1.54) is 18.6 Å². The van der Waals surface area contributed by atoms with Gasteiger partial charge in [-0.25, -0.2) is 9.78 Å². The molecule has 0 aromatic carbocycles. The molecule has 16 heavy (non-hydrogen) atoms. The molecule has 88 valence electrons. The Bertz CT molecular complexity index is 327. The predicted octanol–water partition coefficient (Wildman–Crippen LogP) is 2.32. The Balaban J connectivity index is 2.32. The Kier molecular flexibility index (Phi) is 4.69. The van der Waals surface area contributed by atoms with Gasteiger partial charge >= 0.3 is 6.09 Å². The molecule has 1 aromatic rings. The maximum absolute atomic E-state index is 11.3. The van der Waals surface area contributed by atoms with Crippen molar-refractivity contribution in [3.05, 3.63) is 18.6 Å². The van der Waals surface area contributed by atoms with Gasteiger partial charge in [-0.3, -0.25) is 10.3 Å². The van der Waals surface area contributed by atoms with Crippen LogP contribution in [-0.2, 0) is 4.74 Å². The lowest BCUT2D eigenvalue weighted by molar-refractivity contribution is 0.133. The Morgan fingerprint density at radius 1 is 1.44 bits per heavy atom. The van der Waals surface area contributed by atoms with Gasteiger partial charge in [-0.15, -0.1) is 0 Å². The highest BCUT2D eigenvalue weighted by Crippen LogP contribution is 2.10. The number of nitrogens with one attached hydrogen (secondary N) is 1. The number of carbonyl (C=O) groups excluding carboxylic acids is 1. The maximum atomic E-state index is 11.3. The Morgan fingerprint density at radius 2 is 2.19 bits per heavy atom. The summed E-state index contributed by atoms with van der Waals surface area (Å²) in [6.07, 6.45) is 4.02. The van der Waals surface area contributed by atoms with Crippen molar-refractivity contribution >= 4 is 11.9 Å². The van der Waals surface area contributed by atoms with Crippen LogP contribution >= 0.6 is 0 Å². The first-order chi connectivity index (χ1) is 7.59. The van der Waals surface area contributed by atoms with Gasteiger partial charge in [-0.2, -0.15) is 0 Å². The third-order valence-electron chi connectivity index (χ3n) is 2.41. The fraction of sp³-hybridized carbons (Fsp3) is 0.545. The van der Waals surface area contributed by atoms with E-state index in [0.717, 1.165) is 0 Å². The van der Waals surface area contributed by atoms with Crippen molar-refractivity contribution in [1.29, 1.82) is 0 Å². The number of carbonyl (C=O) groups is 1. The first-order valence-electron chi connectivity index (χ1n) is 5.29. The zero-order valence-electron chi connectivity index (χ0n) is 9.80. The van der Waals surface area contributed by atoms with E-state index in [-0.39, 0.29) is 0 Å². The molecule has 0 unspecified atom stereocenters. The smallest absolute Gasteiger partial charge is 0.412 e. The topological polar surface area (TPSA) is 64.1 Å². The average Bonchev–Trinajstić information content (AvgIpc) is 2.27. The third kappa shape index (κ3) is 4.25. The summed E-state index contributed by atoms with van der Waals surface area (Å²) in [5.74, 6) is 1.22. The first-order valence-corrected chi connectivity index (χ1v) is 5.29. The van der Waals surface area contributed by atoms with Gasteiger partial charge in [-0.1, -0.05) is 20.8 Å². The lowest BCUT2D eigenvalue weighted by Crippen LogP contribution is -2.20. The zero-order valence-corrected chi connectivity index (χ0v) is 9.80. The van der Waals surface area contributed by atoms with E-state index >= 15 is 0 Å². The summed E-state index contributed by atoms with van der Waals surface area (Å²) in [4.78, 5) is 19.1. The highest BCUT2D eigenvalue weighted by molar-refractivity contribution is 5.82. The van der Waals surface area contributed by atoms with Crippen LogP contribution in [0.25, 0.3) is 0 Å². The van der Waals surface area contributed by atoms with Gasteiger partial charge in [0.25, 0.3) is 0 Å². The van der Waals surface area contributed by atoms with E-state index in [9.17, 15) is 4.79 Å². The van der Waals surface area contributed by atoms with Crippen molar-refractivity contribution in [2.24, 2.45) is 11.8 Å². The summed E-state index contributed by atoms with van der Waals surface area (Å²) in [6, 6.07) is 0. The molecule has 0 fully saturated rings. The number of ether oxygens (including phenoxy) is 1. The second kappa shape index (κ2) is 6.05. The summed E-state index contributed by atoms with van der Waals surface area (Å²) >= 11 is 0. The number of hydrogen-bond donors (Lipinski definition) is 1. The summed E-state index contributed by atoms with van der Waals surface area (Å²) in [5, 5.41) is 2.50. The molecule has 1 amide bonds. The molecule has 1 N–H and O–H groups in total. The first kappa shape index (κ1) is 12.4. The van der Waals surface area contributed by atoms with E-state index in [2.05, 4.69) is 29.1 Å². The molecular formula is C11H17N3O2. The fourth-order valence-corrected chi connectivity index (χ4v) is 0.904. The van der Waals surface area contributed by atoms with Crippen LogP contribution < -0.4 is 5.32 Å².